The van der Waals surface area contributed by atoms with Crippen molar-refractivity contribution in [1.29, 1.82) is 0 Å². The minimum atomic E-state index is -0.247. The van der Waals surface area contributed by atoms with Gasteiger partial charge in [0.25, 0.3) is 0 Å². The van der Waals surface area contributed by atoms with Crippen LogP contribution in [-0.4, -0.2) is 19.1 Å². The van der Waals surface area contributed by atoms with E-state index >= 15 is 0 Å². The molecule has 0 amide bonds. The van der Waals surface area contributed by atoms with E-state index < -0.39 is 0 Å². The van der Waals surface area contributed by atoms with Crippen molar-refractivity contribution in [1.82, 2.24) is 0 Å². The molecule has 4 heteroatoms. The van der Waals surface area contributed by atoms with Crippen molar-refractivity contribution in [3.63, 3.8) is 0 Å². The summed E-state index contributed by atoms with van der Waals surface area (Å²) in [5, 5.41) is 2.98. The van der Waals surface area contributed by atoms with Crippen molar-refractivity contribution >= 4 is 27.6 Å². The highest BCUT2D eigenvalue weighted by Gasteiger charge is 2.02. The first-order chi connectivity index (χ1) is 6.74. The molecule has 0 heterocycles. The first kappa shape index (κ1) is 11.0. The van der Waals surface area contributed by atoms with Crippen LogP contribution in [0.2, 0.25) is 0 Å². The summed E-state index contributed by atoms with van der Waals surface area (Å²) >= 11 is 3.37. The highest BCUT2D eigenvalue weighted by Crippen LogP contribution is 2.20. The molecule has 1 N–H and O–H groups in total. The van der Waals surface area contributed by atoms with Gasteiger partial charge in [0.1, 0.15) is 6.54 Å². The summed E-state index contributed by atoms with van der Waals surface area (Å²) in [6.07, 6.45) is 0. The van der Waals surface area contributed by atoms with E-state index in [4.69, 9.17) is 4.74 Å². The first-order valence-corrected chi connectivity index (χ1v) is 5.17. The standard InChI is InChI=1S/C10H12BrNO2/c1-2-14-10(13)7-12-9-6-4-3-5-8(9)11/h3-6,12H,2,7H2,1H3. The second-order valence-electron chi connectivity index (χ2n) is 2.64. The van der Waals surface area contributed by atoms with Crippen LogP contribution in [0.15, 0.2) is 28.7 Å². The average molecular weight is 258 g/mol. The van der Waals surface area contributed by atoms with E-state index in [9.17, 15) is 4.79 Å². The number of nitrogens with one attached hydrogen (secondary N) is 1. The van der Waals surface area contributed by atoms with Gasteiger partial charge in [-0.25, -0.2) is 0 Å². The van der Waals surface area contributed by atoms with Crippen molar-refractivity contribution in [2.45, 2.75) is 6.92 Å². The van der Waals surface area contributed by atoms with Crippen LogP contribution in [0.1, 0.15) is 6.92 Å². The van der Waals surface area contributed by atoms with Crippen molar-refractivity contribution in [3.8, 4) is 0 Å². The van der Waals surface area contributed by atoms with E-state index in [1.54, 1.807) is 6.92 Å². The molecular weight excluding hydrogens is 246 g/mol. The monoisotopic (exact) mass is 257 g/mol. The lowest BCUT2D eigenvalue weighted by Gasteiger charge is -2.07. The molecule has 0 aliphatic rings. The zero-order chi connectivity index (χ0) is 10.4. The number of hydrogen-bond donors (Lipinski definition) is 1. The smallest absolute Gasteiger partial charge is 0.325 e. The lowest BCUT2D eigenvalue weighted by atomic mass is 10.3. The van der Waals surface area contributed by atoms with Crippen LogP contribution >= 0.6 is 15.9 Å². The normalized spacial score (nSPS) is 9.57. The molecule has 1 aromatic rings. The van der Waals surface area contributed by atoms with E-state index in [2.05, 4.69) is 21.2 Å². The van der Waals surface area contributed by atoms with Crippen molar-refractivity contribution in [3.05, 3.63) is 28.7 Å². The predicted octanol–water partition coefficient (Wildman–Crippen LogP) is 2.42. The summed E-state index contributed by atoms with van der Waals surface area (Å²) in [7, 11) is 0. The van der Waals surface area contributed by atoms with Crippen LogP contribution in [-0.2, 0) is 9.53 Å². The minimum absolute atomic E-state index is 0.191. The summed E-state index contributed by atoms with van der Waals surface area (Å²) in [5.74, 6) is -0.247. The fourth-order valence-corrected chi connectivity index (χ4v) is 1.41. The maximum absolute atomic E-state index is 11.0. The third kappa shape index (κ3) is 3.38. The van der Waals surface area contributed by atoms with Crippen LogP contribution in [0.3, 0.4) is 0 Å². The summed E-state index contributed by atoms with van der Waals surface area (Å²) in [5.41, 5.74) is 0.889. The van der Waals surface area contributed by atoms with Gasteiger partial charge in [-0.3, -0.25) is 4.79 Å². The molecule has 76 valence electrons. The number of carbonyl (C=O) groups is 1. The number of hydrogen-bond acceptors (Lipinski definition) is 3. The molecule has 0 atom stereocenters. The van der Waals surface area contributed by atoms with Gasteiger partial charge < -0.3 is 10.1 Å². The quantitative estimate of drug-likeness (QED) is 0.843. The van der Waals surface area contributed by atoms with Gasteiger partial charge in [-0.1, -0.05) is 12.1 Å². The van der Waals surface area contributed by atoms with E-state index in [1.807, 2.05) is 24.3 Å². The predicted molar refractivity (Wildman–Crippen MR) is 59.3 cm³/mol. The number of para-hydroxylation sites is 1. The number of esters is 1. The Labute approximate surface area is 91.6 Å². The molecule has 0 spiro atoms. The second kappa shape index (κ2) is 5.65. The van der Waals surface area contributed by atoms with Gasteiger partial charge in [-0.2, -0.15) is 0 Å². The van der Waals surface area contributed by atoms with Crippen LogP contribution in [0.4, 0.5) is 5.69 Å². The first-order valence-electron chi connectivity index (χ1n) is 4.38. The molecule has 0 fully saturated rings. The molecule has 0 aliphatic carbocycles. The Morgan fingerprint density at radius 1 is 1.50 bits per heavy atom. The highest BCUT2D eigenvalue weighted by atomic mass is 79.9. The fraction of sp³-hybridized carbons (Fsp3) is 0.300. The Morgan fingerprint density at radius 2 is 2.21 bits per heavy atom. The molecule has 0 saturated carbocycles. The van der Waals surface area contributed by atoms with Gasteiger partial charge in [0, 0.05) is 10.2 Å². The third-order valence-electron chi connectivity index (χ3n) is 1.60. The van der Waals surface area contributed by atoms with E-state index in [1.165, 1.54) is 0 Å². The summed E-state index contributed by atoms with van der Waals surface area (Å²) < 4.78 is 5.72. The van der Waals surface area contributed by atoms with Gasteiger partial charge in [0.15, 0.2) is 0 Å². The van der Waals surface area contributed by atoms with Crippen LogP contribution in [0.25, 0.3) is 0 Å². The van der Waals surface area contributed by atoms with E-state index in [0.29, 0.717) is 6.61 Å². The van der Waals surface area contributed by atoms with Crippen molar-refractivity contribution in [2.24, 2.45) is 0 Å². The van der Waals surface area contributed by atoms with E-state index in [-0.39, 0.29) is 12.5 Å². The molecule has 14 heavy (non-hydrogen) atoms. The number of benzene rings is 1. The molecule has 0 bridgehead atoms. The van der Waals surface area contributed by atoms with E-state index in [0.717, 1.165) is 10.2 Å². The summed E-state index contributed by atoms with van der Waals surface area (Å²) in [6, 6.07) is 7.62. The fourth-order valence-electron chi connectivity index (χ4n) is 0.984. The number of ether oxygens (including phenoxy) is 1. The topological polar surface area (TPSA) is 38.3 Å². The molecule has 0 radical (unpaired) electrons. The van der Waals surface area contributed by atoms with Gasteiger partial charge in [0.2, 0.25) is 0 Å². The van der Waals surface area contributed by atoms with Gasteiger partial charge in [-0.15, -0.1) is 0 Å². The molecule has 3 nitrogen and oxygen atoms in total. The third-order valence-corrected chi connectivity index (χ3v) is 2.29. The zero-order valence-corrected chi connectivity index (χ0v) is 9.50. The number of rotatable bonds is 4. The lowest BCUT2D eigenvalue weighted by molar-refractivity contribution is -0.140. The molecular formula is C10H12BrNO2. The number of anilines is 1. The van der Waals surface area contributed by atoms with Gasteiger partial charge in [-0.05, 0) is 35.0 Å². The van der Waals surface area contributed by atoms with Crippen LogP contribution in [0.5, 0.6) is 0 Å². The zero-order valence-electron chi connectivity index (χ0n) is 7.92. The largest absolute Gasteiger partial charge is 0.465 e. The van der Waals surface area contributed by atoms with Crippen LogP contribution < -0.4 is 5.32 Å². The lowest BCUT2D eigenvalue weighted by Crippen LogP contribution is -2.16. The molecule has 1 rings (SSSR count). The minimum Gasteiger partial charge on any atom is -0.465 e. The second-order valence-corrected chi connectivity index (χ2v) is 3.49. The van der Waals surface area contributed by atoms with Crippen molar-refractivity contribution in [2.75, 3.05) is 18.5 Å². The average Bonchev–Trinajstić information content (AvgIpc) is 2.17. The molecule has 1 aromatic carbocycles. The molecule has 0 aromatic heterocycles. The molecule has 0 unspecified atom stereocenters. The van der Waals surface area contributed by atoms with Crippen LogP contribution in [0, 0.1) is 0 Å². The maximum atomic E-state index is 11.0. The SMILES string of the molecule is CCOC(=O)CNc1ccccc1Br. The Kier molecular flexibility index (Phi) is 4.46. The van der Waals surface area contributed by atoms with Gasteiger partial charge in [0.05, 0.1) is 6.61 Å². The van der Waals surface area contributed by atoms with Crippen molar-refractivity contribution < 1.29 is 9.53 Å². The molecule has 0 aliphatic heterocycles. The Hall–Kier alpha value is -1.03. The molecule has 0 saturated heterocycles. The summed E-state index contributed by atoms with van der Waals surface area (Å²) in [6.45, 7) is 2.39. The summed E-state index contributed by atoms with van der Waals surface area (Å²) in [4.78, 5) is 11.0. The number of carbonyl (C=O) groups excluding carboxylic acids is 1. The van der Waals surface area contributed by atoms with Gasteiger partial charge >= 0.3 is 5.97 Å². The highest BCUT2D eigenvalue weighted by molar-refractivity contribution is 9.10. The Morgan fingerprint density at radius 3 is 2.86 bits per heavy atom. The Bertz CT molecular complexity index is 315. The Balaban J connectivity index is 2.46. The maximum Gasteiger partial charge on any atom is 0.325 e. The number of halogens is 1.